The fraction of sp³-hybridized carbons (Fsp3) is 0.647. The summed E-state index contributed by atoms with van der Waals surface area (Å²) in [6.45, 7) is 2.29. The monoisotopic (exact) mass is 273 g/mol. The van der Waals surface area contributed by atoms with Crippen molar-refractivity contribution in [2.45, 2.75) is 64.2 Å². The van der Waals surface area contributed by atoms with Gasteiger partial charge in [0.05, 0.1) is 17.9 Å². The SMILES string of the molecule is CCOC(=O)c1cc2c(nc1C1CC1)CCCCCC2. The minimum absolute atomic E-state index is 0.188. The molecule has 0 spiro atoms. The molecule has 0 saturated heterocycles. The van der Waals surface area contributed by atoms with Crippen molar-refractivity contribution in [3.05, 3.63) is 28.6 Å². The molecule has 0 bridgehead atoms. The average Bonchev–Trinajstić information content (AvgIpc) is 3.23. The molecule has 3 nitrogen and oxygen atoms in total. The van der Waals surface area contributed by atoms with Gasteiger partial charge in [-0.1, -0.05) is 12.8 Å². The molecule has 1 fully saturated rings. The zero-order chi connectivity index (χ0) is 13.9. The molecule has 1 aromatic rings. The van der Waals surface area contributed by atoms with Gasteiger partial charge in [-0.3, -0.25) is 4.98 Å². The van der Waals surface area contributed by atoms with Crippen LogP contribution in [-0.2, 0) is 17.6 Å². The van der Waals surface area contributed by atoms with E-state index in [1.165, 1.54) is 36.9 Å². The summed E-state index contributed by atoms with van der Waals surface area (Å²) >= 11 is 0. The Morgan fingerprint density at radius 1 is 1.25 bits per heavy atom. The normalized spacial score (nSPS) is 18.9. The smallest absolute Gasteiger partial charge is 0.339 e. The molecule has 108 valence electrons. The number of carbonyl (C=O) groups excluding carboxylic acids is 1. The predicted octanol–water partition coefficient (Wildman–Crippen LogP) is 3.79. The fourth-order valence-corrected chi connectivity index (χ4v) is 3.04. The molecule has 3 heteroatoms. The summed E-state index contributed by atoms with van der Waals surface area (Å²) in [5.41, 5.74) is 4.24. The number of esters is 1. The third-order valence-electron chi connectivity index (χ3n) is 4.29. The van der Waals surface area contributed by atoms with Crippen molar-refractivity contribution in [3.8, 4) is 0 Å². The summed E-state index contributed by atoms with van der Waals surface area (Å²) in [6.07, 6.45) is 9.48. The Balaban J connectivity index is 1.98. The highest BCUT2D eigenvalue weighted by Gasteiger charge is 2.31. The number of nitrogens with zero attached hydrogens (tertiary/aromatic N) is 1. The van der Waals surface area contributed by atoms with Gasteiger partial charge in [0, 0.05) is 11.6 Å². The molecule has 0 aliphatic heterocycles. The highest BCUT2D eigenvalue weighted by molar-refractivity contribution is 5.91. The Kier molecular flexibility index (Phi) is 4.04. The Hall–Kier alpha value is -1.38. The summed E-state index contributed by atoms with van der Waals surface area (Å²) in [5.74, 6) is 0.303. The van der Waals surface area contributed by atoms with Gasteiger partial charge in [0.1, 0.15) is 0 Å². The first-order valence-electron chi connectivity index (χ1n) is 7.99. The first-order valence-corrected chi connectivity index (χ1v) is 7.99. The van der Waals surface area contributed by atoms with Crippen molar-refractivity contribution in [1.82, 2.24) is 4.98 Å². The van der Waals surface area contributed by atoms with Gasteiger partial charge in [0.2, 0.25) is 0 Å². The number of pyridine rings is 1. The lowest BCUT2D eigenvalue weighted by Crippen LogP contribution is -2.13. The van der Waals surface area contributed by atoms with E-state index < -0.39 is 0 Å². The van der Waals surface area contributed by atoms with Crippen molar-refractivity contribution >= 4 is 5.97 Å². The van der Waals surface area contributed by atoms with Gasteiger partial charge in [-0.25, -0.2) is 4.79 Å². The van der Waals surface area contributed by atoms with Crippen LogP contribution in [0.25, 0.3) is 0 Å². The number of carbonyl (C=O) groups is 1. The summed E-state index contributed by atoms with van der Waals surface area (Å²) in [6, 6.07) is 2.08. The second-order valence-corrected chi connectivity index (χ2v) is 5.94. The third kappa shape index (κ3) is 2.87. The van der Waals surface area contributed by atoms with Gasteiger partial charge in [-0.15, -0.1) is 0 Å². The van der Waals surface area contributed by atoms with Crippen LogP contribution in [0.3, 0.4) is 0 Å². The molecule has 1 saturated carbocycles. The molecule has 1 aromatic heterocycles. The molecule has 0 unspecified atom stereocenters. The molecule has 0 N–H and O–H groups in total. The van der Waals surface area contributed by atoms with Crippen molar-refractivity contribution in [2.24, 2.45) is 0 Å². The highest BCUT2D eigenvalue weighted by atomic mass is 16.5. The van der Waals surface area contributed by atoms with Crippen molar-refractivity contribution in [1.29, 1.82) is 0 Å². The van der Waals surface area contributed by atoms with Gasteiger partial charge in [0.25, 0.3) is 0 Å². The van der Waals surface area contributed by atoms with Gasteiger partial charge in [-0.05, 0) is 57.1 Å². The van der Waals surface area contributed by atoms with Gasteiger partial charge < -0.3 is 4.74 Å². The molecular weight excluding hydrogens is 250 g/mol. The van der Waals surface area contributed by atoms with Crippen LogP contribution in [0.5, 0.6) is 0 Å². The van der Waals surface area contributed by atoms with E-state index in [9.17, 15) is 4.79 Å². The van der Waals surface area contributed by atoms with E-state index in [0.29, 0.717) is 12.5 Å². The zero-order valence-corrected chi connectivity index (χ0v) is 12.3. The average molecular weight is 273 g/mol. The Bertz CT molecular complexity index is 506. The first kappa shape index (κ1) is 13.6. The van der Waals surface area contributed by atoms with E-state index in [-0.39, 0.29) is 5.97 Å². The van der Waals surface area contributed by atoms with Crippen molar-refractivity contribution < 1.29 is 9.53 Å². The van der Waals surface area contributed by atoms with Crippen LogP contribution in [0.15, 0.2) is 6.07 Å². The first-order chi connectivity index (χ1) is 9.79. The lowest BCUT2D eigenvalue weighted by molar-refractivity contribution is 0.0524. The molecule has 0 atom stereocenters. The highest BCUT2D eigenvalue weighted by Crippen LogP contribution is 2.41. The molecule has 0 aromatic carbocycles. The second-order valence-electron chi connectivity index (χ2n) is 5.94. The maximum atomic E-state index is 12.2. The lowest BCUT2D eigenvalue weighted by Gasteiger charge is -2.17. The predicted molar refractivity (Wildman–Crippen MR) is 78.0 cm³/mol. The lowest BCUT2D eigenvalue weighted by atomic mass is 9.94. The molecule has 0 radical (unpaired) electrons. The van der Waals surface area contributed by atoms with E-state index in [2.05, 4.69) is 6.07 Å². The summed E-state index contributed by atoms with van der Waals surface area (Å²) < 4.78 is 5.21. The van der Waals surface area contributed by atoms with Crippen LogP contribution < -0.4 is 0 Å². The van der Waals surface area contributed by atoms with Crippen LogP contribution in [0.1, 0.15) is 78.7 Å². The summed E-state index contributed by atoms with van der Waals surface area (Å²) in [4.78, 5) is 17.1. The molecule has 20 heavy (non-hydrogen) atoms. The zero-order valence-electron chi connectivity index (χ0n) is 12.3. The molecule has 2 aliphatic carbocycles. The number of hydrogen-bond acceptors (Lipinski definition) is 3. The van der Waals surface area contributed by atoms with E-state index in [1.54, 1.807) is 0 Å². The van der Waals surface area contributed by atoms with Crippen molar-refractivity contribution in [3.63, 3.8) is 0 Å². The molecule has 2 aliphatic rings. The molecule has 1 heterocycles. The number of aromatic nitrogens is 1. The minimum atomic E-state index is -0.188. The van der Waals surface area contributed by atoms with Crippen LogP contribution in [-0.4, -0.2) is 17.6 Å². The maximum absolute atomic E-state index is 12.2. The number of aryl methyl sites for hydroxylation is 2. The van der Waals surface area contributed by atoms with Crippen LogP contribution in [0, 0.1) is 0 Å². The third-order valence-corrected chi connectivity index (χ3v) is 4.29. The fourth-order valence-electron chi connectivity index (χ4n) is 3.04. The molecule has 3 rings (SSSR count). The Morgan fingerprint density at radius 2 is 2.00 bits per heavy atom. The van der Waals surface area contributed by atoms with E-state index >= 15 is 0 Å². The number of ether oxygens (including phenoxy) is 1. The quantitative estimate of drug-likeness (QED) is 0.786. The Morgan fingerprint density at radius 3 is 2.70 bits per heavy atom. The maximum Gasteiger partial charge on any atom is 0.339 e. The summed E-state index contributed by atoms with van der Waals surface area (Å²) in [5, 5.41) is 0. The summed E-state index contributed by atoms with van der Waals surface area (Å²) in [7, 11) is 0. The van der Waals surface area contributed by atoms with Crippen LogP contribution in [0.2, 0.25) is 0 Å². The Labute approximate surface area is 120 Å². The van der Waals surface area contributed by atoms with Gasteiger partial charge >= 0.3 is 5.97 Å². The number of rotatable bonds is 3. The van der Waals surface area contributed by atoms with Crippen LogP contribution in [0.4, 0.5) is 0 Å². The minimum Gasteiger partial charge on any atom is -0.462 e. The van der Waals surface area contributed by atoms with Crippen LogP contribution >= 0.6 is 0 Å². The van der Waals surface area contributed by atoms with E-state index in [4.69, 9.17) is 9.72 Å². The van der Waals surface area contributed by atoms with Gasteiger partial charge in [-0.2, -0.15) is 0 Å². The van der Waals surface area contributed by atoms with Gasteiger partial charge in [0.15, 0.2) is 0 Å². The molecular formula is C17H23NO2. The van der Waals surface area contributed by atoms with E-state index in [1.807, 2.05) is 6.92 Å². The number of hydrogen-bond donors (Lipinski definition) is 0. The van der Waals surface area contributed by atoms with E-state index in [0.717, 1.165) is 36.9 Å². The second kappa shape index (κ2) is 5.94. The molecule has 0 amide bonds. The topological polar surface area (TPSA) is 39.2 Å². The van der Waals surface area contributed by atoms with Crippen molar-refractivity contribution in [2.75, 3.05) is 6.61 Å². The number of fused-ring (bicyclic) bond motifs is 1. The largest absolute Gasteiger partial charge is 0.462 e. The standard InChI is InChI=1S/C17H23NO2/c1-2-20-17(19)14-11-13-7-5-3-4-6-8-15(13)18-16(14)12-9-10-12/h11-12H,2-10H2,1H3.